The van der Waals surface area contributed by atoms with Gasteiger partial charge in [-0.2, -0.15) is 8.42 Å². The third-order valence-corrected chi connectivity index (χ3v) is 5.38. The molecule has 0 unspecified atom stereocenters. The van der Waals surface area contributed by atoms with E-state index in [-0.39, 0.29) is 29.7 Å². The van der Waals surface area contributed by atoms with E-state index >= 15 is 0 Å². The van der Waals surface area contributed by atoms with Gasteiger partial charge in [0.2, 0.25) is 0 Å². The summed E-state index contributed by atoms with van der Waals surface area (Å²) >= 11 is 0. The highest BCUT2D eigenvalue weighted by molar-refractivity contribution is 7.87. The minimum atomic E-state index is -3.68. The van der Waals surface area contributed by atoms with Crippen LogP contribution in [0.5, 0.6) is 5.75 Å². The lowest BCUT2D eigenvalue weighted by atomic mass is 10.1. The average Bonchev–Trinajstić information content (AvgIpc) is 3.45. The van der Waals surface area contributed by atoms with Crippen molar-refractivity contribution < 1.29 is 21.8 Å². The Morgan fingerprint density at radius 3 is 2.46 bits per heavy atom. The maximum atomic E-state index is 14.0. The van der Waals surface area contributed by atoms with Crippen LogP contribution in [0.2, 0.25) is 0 Å². The number of nitrogens with zero attached hydrogens (tertiary/aromatic N) is 1. The number of rotatable bonds is 7. The van der Waals surface area contributed by atoms with E-state index in [9.17, 15) is 17.6 Å². The molecule has 0 N–H and O–H groups in total. The van der Waals surface area contributed by atoms with Crippen molar-refractivity contribution in [2.24, 2.45) is 0 Å². The first-order chi connectivity index (χ1) is 12.4. The minimum absolute atomic E-state index is 0.0129. The van der Waals surface area contributed by atoms with E-state index in [0.717, 1.165) is 12.8 Å². The van der Waals surface area contributed by atoms with Crippen molar-refractivity contribution in [2.45, 2.75) is 32.4 Å². The predicted molar refractivity (Wildman–Crippen MR) is 95.8 cm³/mol. The van der Waals surface area contributed by atoms with Gasteiger partial charge in [0.25, 0.3) is 5.91 Å². The highest BCUT2D eigenvalue weighted by Crippen LogP contribution is 2.32. The van der Waals surface area contributed by atoms with Crippen LogP contribution in [0.1, 0.15) is 35.7 Å². The summed E-state index contributed by atoms with van der Waals surface area (Å²) in [6, 6.07) is 12.6. The first-order valence-corrected chi connectivity index (χ1v) is 10.0. The van der Waals surface area contributed by atoms with Crippen LogP contribution in [0.15, 0.2) is 48.5 Å². The number of carbonyl (C=O) groups excluding carboxylic acids is 1. The lowest BCUT2D eigenvalue weighted by Gasteiger charge is -2.24. The van der Waals surface area contributed by atoms with Crippen molar-refractivity contribution in [1.82, 2.24) is 4.90 Å². The van der Waals surface area contributed by atoms with Crippen LogP contribution in [0.4, 0.5) is 4.39 Å². The summed E-state index contributed by atoms with van der Waals surface area (Å²) in [5, 5.41) is 0. The van der Waals surface area contributed by atoms with E-state index in [1.807, 2.05) is 0 Å². The molecule has 0 bridgehead atoms. The molecule has 0 radical (unpaired) electrons. The fourth-order valence-corrected chi connectivity index (χ4v) is 3.19. The van der Waals surface area contributed by atoms with Gasteiger partial charge >= 0.3 is 10.1 Å². The second-order valence-electron chi connectivity index (χ2n) is 6.18. The van der Waals surface area contributed by atoms with Gasteiger partial charge in [-0.05, 0) is 38.0 Å². The summed E-state index contributed by atoms with van der Waals surface area (Å²) in [7, 11) is -3.68. The smallest absolute Gasteiger partial charge is 0.308 e. The monoisotopic (exact) mass is 377 g/mol. The van der Waals surface area contributed by atoms with E-state index in [4.69, 9.17) is 4.18 Å². The quantitative estimate of drug-likeness (QED) is 0.694. The van der Waals surface area contributed by atoms with Gasteiger partial charge in [-0.15, -0.1) is 0 Å². The topological polar surface area (TPSA) is 63.7 Å². The molecular formula is C19H20FNO4S. The fourth-order valence-electron chi connectivity index (χ4n) is 2.64. The lowest BCUT2D eigenvalue weighted by molar-refractivity contribution is 0.0724. The van der Waals surface area contributed by atoms with Gasteiger partial charge < -0.3 is 9.08 Å². The van der Waals surface area contributed by atoms with Crippen LogP contribution in [-0.2, 0) is 16.7 Å². The molecule has 0 spiro atoms. The van der Waals surface area contributed by atoms with Crippen LogP contribution in [0.3, 0.4) is 0 Å². The Kier molecular flexibility index (Phi) is 5.27. The van der Waals surface area contributed by atoms with Crippen molar-refractivity contribution in [1.29, 1.82) is 0 Å². The van der Waals surface area contributed by atoms with Crippen LogP contribution in [0.25, 0.3) is 0 Å². The Morgan fingerprint density at radius 1 is 1.15 bits per heavy atom. The number of benzene rings is 2. The molecule has 138 valence electrons. The van der Waals surface area contributed by atoms with Gasteiger partial charge in [-0.3, -0.25) is 4.79 Å². The predicted octanol–water partition coefficient (Wildman–Crippen LogP) is 3.36. The first-order valence-electron chi connectivity index (χ1n) is 8.47. The second kappa shape index (κ2) is 7.45. The molecule has 7 heteroatoms. The summed E-state index contributed by atoms with van der Waals surface area (Å²) < 4.78 is 42.8. The Hall–Kier alpha value is -2.41. The molecule has 3 rings (SSSR count). The highest BCUT2D eigenvalue weighted by atomic mass is 32.2. The molecule has 0 heterocycles. The summed E-state index contributed by atoms with van der Waals surface area (Å²) in [6.45, 7) is 1.66. The fraction of sp³-hybridized carbons (Fsp3) is 0.316. The molecule has 2 aromatic carbocycles. The van der Waals surface area contributed by atoms with E-state index in [2.05, 4.69) is 0 Å². The summed E-state index contributed by atoms with van der Waals surface area (Å²) in [6.07, 6.45) is 1.69. The minimum Gasteiger partial charge on any atom is -0.382 e. The molecule has 0 aromatic heterocycles. The number of halogens is 1. The van der Waals surface area contributed by atoms with Crippen molar-refractivity contribution in [3.8, 4) is 5.75 Å². The third kappa shape index (κ3) is 4.22. The average molecular weight is 377 g/mol. The molecule has 0 atom stereocenters. The van der Waals surface area contributed by atoms with Crippen molar-refractivity contribution in [3.63, 3.8) is 0 Å². The molecule has 0 saturated heterocycles. The molecule has 1 fully saturated rings. The van der Waals surface area contributed by atoms with Crippen molar-refractivity contribution in [3.05, 3.63) is 65.5 Å². The normalized spacial score (nSPS) is 14.1. The number of hydrogen-bond acceptors (Lipinski definition) is 4. The maximum Gasteiger partial charge on any atom is 0.308 e. The summed E-state index contributed by atoms with van der Waals surface area (Å²) in [5.41, 5.74) is 0.583. The van der Waals surface area contributed by atoms with E-state index in [1.54, 1.807) is 35.2 Å². The van der Waals surface area contributed by atoms with Crippen LogP contribution < -0.4 is 4.18 Å². The lowest BCUT2D eigenvalue weighted by Crippen LogP contribution is -2.33. The zero-order valence-electron chi connectivity index (χ0n) is 14.4. The maximum absolute atomic E-state index is 14.0. The molecular weight excluding hydrogens is 357 g/mol. The van der Waals surface area contributed by atoms with Gasteiger partial charge in [0.15, 0.2) is 0 Å². The first kappa shape index (κ1) is 18.4. The van der Waals surface area contributed by atoms with Gasteiger partial charge in [-0.1, -0.05) is 30.3 Å². The van der Waals surface area contributed by atoms with E-state index < -0.39 is 21.8 Å². The van der Waals surface area contributed by atoms with Crippen molar-refractivity contribution in [2.75, 3.05) is 5.75 Å². The highest BCUT2D eigenvalue weighted by Gasteiger charge is 2.34. The number of amides is 1. The Balaban J connectivity index is 1.88. The SMILES string of the molecule is CCS(=O)(=O)Oc1ccccc1CN(C(=O)c1ccccc1F)C1CC1. The Morgan fingerprint density at radius 2 is 1.81 bits per heavy atom. The third-order valence-electron chi connectivity index (χ3n) is 4.24. The van der Waals surface area contributed by atoms with Gasteiger partial charge in [0, 0.05) is 18.2 Å². The molecule has 1 aliphatic rings. The zero-order chi connectivity index (χ0) is 18.7. The zero-order valence-corrected chi connectivity index (χ0v) is 15.2. The van der Waals surface area contributed by atoms with Gasteiger partial charge in [-0.25, -0.2) is 4.39 Å². The number of carbonyl (C=O) groups is 1. The largest absolute Gasteiger partial charge is 0.382 e. The molecule has 0 aliphatic heterocycles. The summed E-state index contributed by atoms with van der Waals surface area (Å²) in [5.74, 6) is -0.928. The van der Waals surface area contributed by atoms with Crippen LogP contribution >= 0.6 is 0 Å². The van der Waals surface area contributed by atoms with Gasteiger partial charge in [0.05, 0.1) is 11.3 Å². The molecule has 2 aromatic rings. The summed E-state index contributed by atoms with van der Waals surface area (Å²) in [4.78, 5) is 14.4. The van der Waals surface area contributed by atoms with Gasteiger partial charge in [0.1, 0.15) is 11.6 Å². The second-order valence-corrected chi connectivity index (χ2v) is 8.04. The standard InChI is InChI=1S/C19H20FNO4S/c1-2-26(23,24)25-18-10-6-3-7-14(18)13-21(15-11-12-15)19(22)16-8-4-5-9-17(16)20/h3-10,15H,2,11-13H2,1H3. The molecule has 1 saturated carbocycles. The number of para-hydroxylation sites is 1. The molecule has 26 heavy (non-hydrogen) atoms. The van der Waals surface area contributed by atoms with E-state index in [1.165, 1.54) is 25.1 Å². The molecule has 1 amide bonds. The Labute approximate surface area is 152 Å². The van der Waals surface area contributed by atoms with Crippen LogP contribution in [-0.4, -0.2) is 31.0 Å². The van der Waals surface area contributed by atoms with Crippen molar-refractivity contribution >= 4 is 16.0 Å². The van der Waals surface area contributed by atoms with E-state index in [0.29, 0.717) is 5.56 Å². The molecule has 1 aliphatic carbocycles. The van der Waals surface area contributed by atoms with Crippen LogP contribution in [0, 0.1) is 5.82 Å². The Bertz CT molecular complexity index is 909. The number of hydrogen-bond donors (Lipinski definition) is 0. The molecule has 5 nitrogen and oxygen atoms in total.